The third-order valence-electron chi connectivity index (χ3n) is 4.03. The van der Waals surface area contributed by atoms with Gasteiger partial charge in [0.1, 0.15) is 0 Å². The Kier molecular flexibility index (Phi) is 6.65. The van der Waals surface area contributed by atoms with Crippen molar-refractivity contribution in [2.45, 2.75) is 46.1 Å². The molecular weight excluding hydrogens is 226 g/mol. The molecule has 1 aliphatic heterocycles. The lowest BCUT2D eigenvalue weighted by Gasteiger charge is -2.31. The highest BCUT2D eigenvalue weighted by atomic mass is 16.2. The van der Waals surface area contributed by atoms with E-state index in [4.69, 9.17) is 5.73 Å². The molecule has 0 spiro atoms. The summed E-state index contributed by atoms with van der Waals surface area (Å²) in [4.78, 5) is 14.2. The Morgan fingerprint density at radius 2 is 2.00 bits per heavy atom. The summed E-state index contributed by atoms with van der Waals surface area (Å²) in [5.74, 6) is 0.970. The average molecular weight is 255 g/mol. The number of nitrogens with zero attached hydrogens (tertiary/aromatic N) is 1. The van der Waals surface area contributed by atoms with Gasteiger partial charge >= 0.3 is 0 Å². The van der Waals surface area contributed by atoms with E-state index in [1.807, 2.05) is 13.8 Å². The van der Waals surface area contributed by atoms with Crippen LogP contribution in [0.15, 0.2) is 0 Å². The number of carbonyl (C=O) groups is 1. The summed E-state index contributed by atoms with van der Waals surface area (Å²) in [6, 6.07) is -0.369. The summed E-state index contributed by atoms with van der Waals surface area (Å²) < 4.78 is 0. The first-order valence-electron chi connectivity index (χ1n) is 7.30. The molecular formula is C14H29N3O. The summed E-state index contributed by atoms with van der Waals surface area (Å²) in [5, 5.41) is 2.96. The number of rotatable bonds is 6. The van der Waals surface area contributed by atoms with Crippen LogP contribution in [0.5, 0.6) is 0 Å². The minimum absolute atomic E-state index is 0.00371. The van der Waals surface area contributed by atoms with Crippen molar-refractivity contribution in [1.82, 2.24) is 10.2 Å². The van der Waals surface area contributed by atoms with Gasteiger partial charge in [0.25, 0.3) is 0 Å². The van der Waals surface area contributed by atoms with E-state index in [0.717, 1.165) is 25.4 Å². The highest BCUT2D eigenvalue weighted by Gasteiger charge is 2.19. The average Bonchev–Trinajstić information content (AvgIpc) is 2.38. The van der Waals surface area contributed by atoms with Gasteiger partial charge < -0.3 is 16.0 Å². The normalized spacial score (nSPS) is 20.1. The van der Waals surface area contributed by atoms with Gasteiger partial charge in [0, 0.05) is 6.54 Å². The van der Waals surface area contributed by atoms with Gasteiger partial charge in [0.2, 0.25) is 5.91 Å². The van der Waals surface area contributed by atoms with Gasteiger partial charge in [-0.05, 0) is 50.7 Å². The number of hydrogen-bond donors (Lipinski definition) is 2. The zero-order chi connectivity index (χ0) is 13.5. The molecule has 1 fully saturated rings. The van der Waals surface area contributed by atoms with Crippen molar-refractivity contribution in [3.63, 3.8) is 0 Å². The van der Waals surface area contributed by atoms with Crippen molar-refractivity contribution in [1.29, 1.82) is 0 Å². The molecule has 1 amide bonds. The molecule has 18 heavy (non-hydrogen) atoms. The summed E-state index contributed by atoms with van der Waals surface area (Å²) in [6.07, 6.45) is 3.62. The molecule has 0 unspecified atom stereocenters. The fourth-order valence-electron chi connectivity index (χ4n) is 2.41. The van der Waals surface area contributed by atoms with Crippen LogP contribution in [0.3, 0.4) is 0 Å². The molecule has 1 heterocycles. The van der Waals surface area contributed by atoms with Gasteiger partial charge in [-0.2, -0.15) is 0 Å². The topological polar surface area (TPSA) is 58.4 Å². The zero-order valence-corrected chi connectivity index (χ0v) is 12.1. The van der Waals surface area contributed by atoms with E-state index in [9.17, 15) is 4.79 Å². The Hall–Kier alpha value is -0.610. The third kappa shape index (κ3) is 4.94. The van der Waals surface area contributed by atoms with Gasteiger partial charge in [-0.15, -0.1) is 0 Å². The summed E-state index contributed by atoms with van der Waals surface area (Å²) >= 11 is 0. The Morgan fingerprint density at radius 1 is 1.39 bits per heavy atom. The lowest BCUT2D eigenvalue weighted by molar-refractivity contribution is -0.123. The number of piperidine rings is 1. The van der Waals surface area contributed by atoms with Crippen molar-refractivity contribution in [2.75, 3.05) is 26.2 Å². The molecule has 1 rings (SSSR count). The van der Waals surface area contributed by atoms with Crippen LogP contribution in [0.1, 0.15) is 40.0 Å². The van der Waals surface area contributed by atoms with Gasteiger partial charge in [-0.1, -0.05) is 20.8 Å². The predicted octanol–water partition coefficient (Wildman–Crippen LogP) is 1.21. The van der Waals surface area contributed by atoms with E-state index in [-0.39, 0.29) is 17.9 Å². The molecule has 0 saturated carbocycles. The molecule has 1 atom stereocenters. The van der Waals surface area contributed by atoms with E-state index >= 15 is 0 Å². The van der Waals surface area contributed by atoms with Crippen molar-refractivity contribution >= 4 is 5.91 Å². The number of nitrogens with one attached hydrogen (secondary N) is 1. The molecule has 0 aromatic rings. The Labute approximate surface area is 111 Å². The summed E-state index contributed by atoms with van der Waals surface area (Å²) in [7, 11) is 0. The second kappa shape index (κ2) is 7.74. The van der Waals surface area contributed by atoms with E-state index in [1.54, 1.807) is 0 Å². The second-order valence-electron chi connectivity index (χ2n) is 5.73. The summed E-state index contributed by atoms with van der Waals surface area (Å²) in [6.45, 7) is 10.5. The lowest BCUT2D eigenvalue weighted by Crippen LogP contribution is -2.44. The smallest absolute Gasteiger partial charge is 0.237 e. The fraction of sp³-hybridized carbons (Fsp3) is 0.929. The van der Waals surface area contributed by atoms with Crippen LogP contribution in [-0.4, -0.2) is 43.0 Å². The molecule has 4 heteroatoms. The number of hydrogen-bond acceptors (Lipinski definition) is 3. The molecule has 0 aliphatic carbocycles. The van der Waals surface area contributed by atoms with Gasteiger partial charge in [0.05, 0.1) is 6.04 Å². The first kappa shape index (κ1) is 15.4. The maximum absolute atomic E-state index is 11.7. The van der Waals surface area contributed by atoms with Crippen LogP contribution in [0.2, 0.25) is 0 Å². The largest absolute Gasteiger partial charge is 0.355 e. The highest BCUT2D eigenvalue weighted by Crippen LogP contribution is 2.19. The van der Waals surface area contributed by atoms with Crippen LogP contribution in [0.25, 0.3) is 0 Å². The molecule has 1 saturated heterocycles. The zero-order valence-electron chi connectivity index (χ0n) is 12.1. The van der Waals surface area contributed by atoms with Crippen LogP contribution in [0, 0.1) is 11.8 Å². The Balaban J connectivity index is 2.13. The predicted molar refractivity (Wildman–Crippen MR) is 75.3 cm³/mol. The second-order valence-corrected chi connectivity index (χ2v) is 5.73. The van der Waals surface area contributed by atoms with E-state index < -0.39 is 0 Å². The molecule has 0 bridgehead atoms. The SMILES string of the molecule is CCN1CCC(CCNC(=O)[C@@H](N)C(C)C)CC1. The summed E-state index contributed by atoms with van der Waals surface area (Å²) in [5.41, 5.74) is 5.80. The van der Waals surface area contributed by atoms with Crippen LogP contribution < -0.4 is 11.1 Å². The van der Waals surface area contributed by atoms with E-state index in [2.05, 4.69) is 17.1 Å². The first-order chi connectivity index (χ1) is 8.54. The van der Waals surface area contributed by atoms with Crippen LogP contribution in [0.4, 0.5) is 0 Å². The minimum Gasteiger partial charge on any atom is -0.355 e. The van der Waals surface area contributed by atoms with Crippen LogP contribution >= 0.6 is 0 Å². The van der Waals surface area contributed by atoms with Gasteiger partial charge in [0.15, 0.2) is 0 Å². The highest BCUT2D eigenvalue weighted by molar-refractivity contribution is 5.81. The quantitative estimate of drug-likeness (QED) is 0.750. The maximum atomic E-state index is 11.7. The molecule has 0 aromatic heterocycles. The number of nitrogens with two attached hydrogens (primary N) is 1. The minimum atomic E-state index is -0.369. The standard InChI is InChI=1S/C14H29N3O/c1-4-17-9-6-12(7-10-17)5-8-16-14(18)13(15)11(2)3/h11-13H,4-10,15H2,1-3H3,(H,16,18)/t13-/m0/s1. The van der Waals surface area contributed by atoms with E-state index in [0.29, 0.717) is 0 Å². The molecule has 3 N–H and O–H groups in total. The van der Waals surface area contributed by atoms with Gasteiger partial charge in [-0.25, -0.2) is 0 Å². The molecule has 0 aromatic carbocycles. The lowest BCUT2D eigenvalue weighted by atomic mass is 9.93. The number of amides is 1. The maximum Gasteiger partial charge on any atom is 0.237 e. The Bertz CT molecular complexity index is 247. The van der Waals surface area contributed by atoms with Crippen molar-refractivity contribution in [3.8, 4) is 0 Å². The van der Waals surface area contributed by atoms with E-state index in [1.165, 1.54) is 25.9 Å². The molecule has 106 valence electrons. The van der Waals surface area contributed by atoms with Crippen molar-refractivity contribution < 1.29 is 4.79 Å². The number of likely N-dealkylation sites (tertiary alicyclic amines) is 1. The van der Waals surface area contributed by atoms with Crippen LogP contribution in [-0.2, 0) is 4.79 Å². The molecule has 0 radical (unpaired) electrons. The first-order valence-corrected chi connectivity index (χ1v) is 7.30. The monoisotopic (exact) mass is 255 g/mol. The van der Waals surface area contributed by atoms with Crippen molar-refractivity contribution in [2.24, 2.45) is 17.6 Å². The molecule has 4 nitrogen and oxygen atoms in total. The molecule has 1 aliphatic rings. The van der Waals surface area contributed by atoms with Crippen molar-refractivity contribution in [3.05, 3.63) is 0 Å². The fourth-order valence-corrected chi connectivity index (χ4v) is 2.41. The Morgan fingerprint density at radius 3 is 2.50 bits per heavy atom. The third-order valence-corrected chi connectivity index (χ3v) is 4.03. The van der Waals surface area contributed by atoms with Gasteiger partial charge in [-0.3, -0.25) is 4.79 Å². The number of carbonyl (C=O) groups excluding carboxylic acids is 1.